The van der Waals surface area contributed by atoms with Crippen molar-refractivity contribution in [2.24, 2.45) is 0 Å². The molecule has 2 heterocycles. The second kappa shape index (κ2) is 7.95. The summed E-state index contributed by atoms with van der Waals surface area (Å²) >= 11 is 6.23. The van der Waals surface area contributed by atoms with Crippen LogP contribution in [0.1, 0.15) is 12.6 Å². The molecule has 0 saturated heterocycles. The van der Waals surface area contributed by atoms with Crippen LogP contribution in [0.4, 0.5) is 0 Å². The fourth-order valence-corrected chi connectivity index (χ4v) is 2.72. The highest BCUT2D eigenvalue weighted by Gasteiger charge is 2.08. The third-order valence-electron chi connectivity index (χ3n) is 3.59. The number of aromatic amines is 1. The van der Waals surface area contributed by atoms with Crippen LogP contribution in [-0.2, 0) is 16.2 Å². The molecular formula is C19H16ClN3O3. The highest BCUT2D eigenvalue weighted by Crippen LogP contribution is 2.28. The third kappa shape index (κ3) is 4.36. The SMILES string of the molecule is CC(=O)NOCc1cc(-c2cc(-c3ccccc3Cl)[nH]c(=O)c2)ccn1. The lowest BCUT2D eigenvalue weighted by Gasteiger charge is -2.09. The number of nitrogens with one attached hydrogen (secondary N) is 2. The second-order valence-corrected chi connectivity index (χ2v) is 6.02. The fourth-order valence-electron chi connectivity index (χ4n) is 2.48. The van der Waals surface area contributed by atoms with Crippen molar-refractivity contribution in [1.29, 1.82) is 0 Å². The standard InChI is InChI=1S/C19H16ClN3O3/c1-12(24)23-26-11-15-8-13(6-7-21-15)14-9-18(22-19(25)10-14)16-4-2-3-5-17(16)20/h2-10H,11H2,1H3,(H,22,25)(H,23,24). The number of carbonyl (C=O) groups is 1. The van der Waals surface area contributed by atoms with Crippen molar-refractivity contribution in [1.82, 2.24) is 15.4 Å². The summed E-state index contributed by atoms with van der Waals surface area (Å²) in [7, 11) is 0. The first-order valence-electron chi connectivity index (χ1n) is 7.86. The molecule has 0 fully saturated rings. The van der Waals surface area contributed by atoms with Gasteiger partial charge in [0, 0.05) is 29.8 Å². The first kappa shape index (κ1) is 17.8. The van der Waals surface area contributed by atoms with Crippen LogP contribution in [0.25, 0.3) is 22.4 Å². The van der Waals surface area contributed by atoms with Gasteiger partial charge in [-0.3, -0.25) is 19.4 Å². The molecule has 0 aliphatic rings. The molecule has 0 aliphatic heterocycles. The van der Waals surface area contributed by atoms with Crippen LogP contribution in [0.5, 0.6) is 0 Å². The number of hydrogen-bond donors (Lipinski definition) is 2. The Balaban J connectivity index is 1.94. The van der Waals surface area contributed by atoms with E-state index < -0.39 is 0 Å². The summed E-state index contributed by atoms with van der Waals surface area (Å²) < 4.78 is 0. The van der Waals surface area contributed by atoms with Gasteiger partial charge in [-0.1, -0.05) is 29.8 Å². The monoisotopic (exact) mass is 369 g/mol. The van der Waals surface area contributed by atoms with E-state index in [2.05, 4.69) is 15.4 Å². The number of hydroxylamine groups is 1. The summed E-state index contributed by atoms with van der Waals surface area (Å²) in [5.41, 5.74) is 5.55. The van der Waals surface area contributed by atoms with Gasteiger partial charge in [0.25, 0.3) is 0 Å². The van der Waals surface area contributed by atoms with Gasteiger partial charge in [-0.15, -0.1) is 0 Å². The van der Waals surface area contributed by atoms with Crippen LogP contribution in [0.15, 0.2) is 59.5 Å². The molecule has 2 N–H and O–H groups in total. The van der Waals surface area contributed by atoms with Crippen molar-refractivity contribution >= 4 is 17.5 Å². The lowest BCUT2D eigenvalue weighted by Crippen LogP contribution is -2.20. The molecule has 26 heavy (non-hydrogen) atoms. The second-order valence-electron chi connectivity index (χ2n) is 5.61. The predicted molar refractivity (Wildman–Crippen MR) is 99.3 cm³/mol. The number of H-pyrrole nitrogens is 1. The van der Waals surface area contributed by atoms with E-state index in [9.17, 15) is 9.59 Å². The smallest absolute Gasteiger partial charge is 0.249 e. The van der Waals surface area contributed by atoms with E-state index in [1.807, 2.05) is 24.3 Å². The molecule has 2 aromatic heterocycles. The van der Waals surface area contributed by atoms with E-state index in [-0.39, 0.29) is 18.1 Å². The van der Waals surface area contributed by atoms with E-state index in [1.165, 1.54) is 13.0 Å². The molecular weight excluding hydrogens is 354 g/mol. The zero-order valence-electron chi connectivity index (χ0n) is 14.0. The Morgan fingerprint density at radius 3 is 2.77 bits per heavy atom. The molecule has 0 radical (unpaired) electrons. The lowest BCUT2D eigenvalue weighted by molar-refractivity contribution is -0.132. The molecule has 0 bridgehead atoms. The van der Waals surface area contributed by atoms with Crippen molar-refractivity contribution in [3.8, 4) is 22.4 Å². The van der Waals surface area contributed by atoms with E-state index in [0.717, 1.165) is 16.7 Å². The summed E-state index contributed by atoms with van der Waals surface area (Å²) in [4.78, 5) is 35.0. The largest absolute Gasteiger partial charge is 0.322 e. The zero-order valence-corrected chi connectivity index (χ0v) is 14.7. The Bertz CT molecular complexity index is 1000. The van der Waals surface area contributed by atoms with Crippen LogP contribution in [0, 0.1) is 0 Å². The first-order chi connectivity index (χ1) is 12.5. The van der Waals surface area contributed by atoms with Crippen molar-refractivity contribution in [2.75, 3.05) is 0 Å². The van der Waals surface area contributed by atoms with Gasteiger partial charge in [-0.25, -0.2) is 5.48 Å². The maximum atomic E-state index is 12.1. The quantitative estimate of drug-likeness (QED) is 0.676. The van der Waals surface area contributed by atoms with E-state index in [1.54, 1.807) is 24.4 Å². The van der Waals surface area contributed by atoms with Gasteiger partial charge in [0.05, 0.1) is 11.4 Å². The number of amides is 1. The first-order valence-corrected chi connectivity index (χ1v) is 8.23. The van der Waals surface area contributed by atoms with Gasteiger partial charge in [0.2, 0.25) is 11.5 Å². The maximum absolute atomic E-state index is 12.1. The van der Waals surface area contributed by atoms with Gasteiger partial charge in [-0.05, 0) is 35.4 Å². The van der Waals surface area contributed by atoms with Crippen LogP contribution in [0.2, 0.25) is 5.02 Å². The normalized spacial score (nSPS) is 10.5. The molecule has 0 unspecified atom stereocenters. The maximum Gasteiger partial charge on any atom is 0.249 e. The summed E-state index contributed by atoms with van der Waals surface area (Å²) in [5, 5.41) is 0.555. The molecule has 7 heteroatoms. The number of benzene rings is 1. The molecule has 1 aromatic carbocycles. The topological polar surface area (TPSA) is 84.1 Å². The molecule has 1 amide bonds. The highest BCUT2D eigenvalue weighted by atomic mass is 35.5. The zero-order chi connectivity index (χ0) is 18.5. The van der Waals surface area contributed by atoms with Crippen LogP contribution < -0.4 is 11.0 Å². The van der Waals surface area contributed by atoms with Gasteiger partial charge >= 0.3 is 0 Å². The summed E-state index contributed by atoms with van der Waals surface area (Å²) in [6, 6.07) is 14.3. The number of pyridine rings is 2. The minimum Gasteiger partial charge on any atom is -0.322 e. The molecule has 0 saturated carbocycles. The molecule has 3 rings (SSSR count). The summed E-state index contributed by atoms with van der Waals surface area (Å²) in [5.74, 6) is -0.292. The summed E-state index contributed by atoms with van der Waals surface area (Å²) in [6.07, 6.45) is 1.62. The minimum absolute atomic E-state index is 0.119. The van der Waals surface area contributed by atoms with Gasteiger partial charge in [0.1, 0.15) is 6.61 Å². The van der Waals surface area contributed by atoms with Crippen molar-refractivity contribution < 1.29 is 9.63 Å². The Hall–Kier alpha value is -2.96. The van der Waals surface area contributed by atoms with Crippen LogP contribution >= 0.6 is 11.6 Å². The van der Waals surface area contributed by atoms with Crippen molar-refractivity contribution in [2.45, 2.75) is 13.5 Å². The van der Waals surface area contributed by atoms with E-state index in [4.69, 9.17) is 16.4 Å². The number of halogens is 1. The highest BCUT2D eigenvalue weighted by molar-refractivity contribution is 6.33. The van der Waals surface area contributed by atoms with Crippen LogP contribution in [0.3, 0.4) is 0 Å². The van der Waals surface area contributed by atoms with E-state index in [0.29, 0.717) is 16.4 Å². The van der Waals surface area contributed by atoms with Crippen molar-refractivity contribution in [3.63, 3.8) is 0 Å². The third-order valence-corrected chi connectivity index (χ3v) is 3.92. The lowest BCUT2D eigenvalue weighted by atomic mass is 10.0. The minimum atomic E-state index is -0.292. The number of carbonyl (C=O) groups excluding carboxylic acids is 1. The molecule has 6 nitrogen and oxygen atoms in total. The fraction of sp³-hybridized carbons (Fsp3) is 0.105. The molecule has 3 aromatic rings. The molecule has 0 atom stereocenters. The predicted octanol–water partition coefficient (Wildman–Crippen LogP) is 3.33. The Morgan fingerprint density at radius 2 is 2.00 bits per heavy atom. The Labute approximate surface area is 154 Å². The average Bonchev–Trinajstić information content (AvgIpc) is 2.61. The summed E-state index contributed by atoms with van der Waals surface area (Å²) in [6.45, 7) is 1.48. The Morgan fingerprint density at radius 1 is 1.19 bits per heavy atom. The molecule has 0 aliphatic carbocycles. The molecule has 132 valence electrons. The molecule has 0 spiro atoms. The number of aromatic nitrogens is 2. The Kier molecular flexibility index (Phi) is 5.46. The number of rotatable bonds is 5. The van der Waals surface area contributed by atoms with Gasteiger partial charge in [0.15, 0.2) is 0 Å². The number of nitrogens with zero attached hydrogens (tertiary/aromatic N) is 1. The number of hydrogen-bond acceptors (Lipinski definition) is 4. The van der Waals surface area contributed by atoms with Gasteiger partial charge < -0.3 is 4.98 Å². The van der Waals surface area contributed by atoms with E-state index >= 15 is 0 Å². The van der Waals surface area contributed by atoms with Gasteiger partial charge in [-0.2, -0.15) is 0 Å². The average molecular weight is 370 g/mol. The van der Waals surface area contributed by atoms with Crippen LogP contribution in [-0.4, -0.2) is 15.9 Å². The van der Waals surface area contributed by atoms with Crippen molar-refractivity contribution in [3.05, 3.63) is 75.8 Å².